The Labute approximate surface area is 122 Å². The van der Waals surface area contributed by atoms with Crippen LogP contribution in [0.1, 0.15) is 28.7 Å². The normalized spacial score (nSPS) is 13.2. The van der Waals surface area contributed by atoms with Crippen LogP contribution in [0.15, 0.2) is 36.4 Å². The van der Waals surface area contributed by atoms with Gasteiger partial charge in [-0.05, 0) is 48.1 Å². The van der Waals surface area contributed by atoms with Gasteiger partial charge in [0.15, 0.2) is 0 Å². The third-order valence-corrected chi connectivity index (χ3v) is 4.00. The number of aryl methyl sites for hydroxylation is 2. The summed E-state index contributed by atoms with van der Waals surface area (Å²) >= 11 is 0. The zero-order valence-electron chi connectivity index (χ0n) is 11.7. The van der Waals surface area contributed by atoms with Crippen LogP contribution in [-0.2, 0) is 30.5 Å². The average molecular weight is 286 g/mol. The lowest BCUT2D eigenvalue weighted by molar-refractivity contribution is -0.117. The average Bonchev–Trinajstić information content (AvgIpc) is 2.90. The highest BCUT2D eigenvalue weighted by atomic mass is 19.1. The molecule has 2 aromatic rings. The van der Waals surface area contributed by atoms with E-state index in [0.29, 0.717) is 0 Å². The van der Waals surface area contributed by atoms with Gasteiger partial charge in [-0.3, -0.25) is 4.79 Å². The van der Waals surface area contributed by atoms with Gasteiger partial charge < -0.3 is 0 Å². The van der Waals surface area contributed by atoms with Gasteiger partial charge in [-0.15, -0.1) is 0 Å². The van der Waals surface area contributed by atoms with Crippen molar-refractivity contribution in [3.05, 3.63) is 70.3 Å². The molecule has 0 unspecified atom stereocenters. The number of halogens is 2. The summed E-state index contributed by atoms with van der Waals surface area (Å²) in [4.78, 5) is 12.1. The van der Waals surface area contributed by atoms with Crippen molar-refractivity contribution in [3.63, 3.8) is 0 Å². The van der Waals surface area contributed by atoms with Gasteiger partial charge in [-0.1, -0.05) is 24.3 Å². The lowest BCUT2D eigenvalue weighted by atomic mass is 9.99. The molecule has 0 saturated carbocycles. The molecule has 0 spiro atoms. The molecule has 0 aliphatic heterocycles. The summed E-state index contributed by atoms with van der Waals surface area (Å²) in [6, 6.07) is 9.73. The number of Topliss-reactive ketones (excluding diaryl/α,β-unsaturated/α-hetero) is 1. The van der Waals surface area contributed by atoms with E-state index >= 15 is 0 Å². The highest BCUT2D eigenvalue weighted by Crippen LogP contribution is 2.23. The molecule has 0 aromatic heterocycles. The Morgan fingerprint density at radius 3 is 2.43 bits per heavy atom. The van der Waals surface area contributed by atoms with Crippen LogP contribution in [0.3, 0.4) is 0 Å². The lowest BCUT2D eigenvalue weighted by Crippen LogP contribution is -2.10. The molecule has 2 aromatic carbocycles. The number of rotatable bonds is 4. The largest absolute Gasteiger partial charge is 0.299 e. The van der Waals surface area contributed by atoms with Crippen molar-refractivity contribution in [2.75, 3.05) is 0 Å². The quantitative estimate of drug-likeness (QED) is 0.835. The second kappa shape index (κ2) is 5.76. The molecule has 1 aliphatic rings. The van der Waals surface area contributed by atoms with Crippen LogP contribution in [0.4, 0.5) is 8.78 Å². The molecular weight excluding hydrogens is 270 g/mol. The number of hydrogen-bond acceptors (Lipinski definition) is 1. The number of hydrogen-bond donors (Lipinski definition) is 0. The molecule has 0 N–H and O–H groups in total. The van der Waals surface area contributed by atoms with Crippen LogP contribution in [0, 0.1) is 11.6 Å². The van der Waals surface area contributed by atoms with Crippen molar-refractivity contribution in [2.24, 2.45) is 0 Å². The molecule has 108 valence electrons. The smallest absolute Gasteiger partial charge is 0.141 e. The van der Waals surface area contributed by atoms with Crippen molar-refractivity contribution in [3.8, 4) is 0 Å². The Hall–Kier alpha value is -2.03. The zero-order valence-corrected chi connectivity index (χ0v) is 11.7. The topological polar surface area (TPSA) is 17.1 Å². The Balaban J connectivity index is 1.72. The Bertz CT molecular complexity index is 671. The van der Waals surface area contributed by atoms with Crippen molar-refractivity contribution < 1.29 is 13.6 Å². The monoisotopic (exact) mass is 286 g/mol. The number of carbonyl (C=O) groups excluding carboxylic acids is 1. The number of carbonyl (C=O) groups is 1. The van der Waals surface area contributed by atoms with E-state index in [1.54, 1.807) is 0 Å². The van der Waals surface area contributed by atoms with Gasteiger partial charge in [0.25, 0.3) is 0 Å². The third-order valence-electron chi connectivity index (χ3n) is 4.00. The van der Waals surface area contributed by atoms with Gasteiger partial charge in [-0.2, -0.15) is 0 Å². The molecule has 0 saturated heterocycles. The fourth-order valence-corrected chi connectivity index (χ4v) is 2.92. The molecule has 0 radical (unpaired) electrons. The van der Waals surface area contributed by atoms with Crippen molar-refractivity contribution in [1.29, 1.82) is 0 Å². The highest BCUT2D eigenvalue weighted by molar-refractivity contribution is 5.83. The standard InChI is InChI=1S/C18H16F2O/c19-17-5-2-6-18(20)16(17)11-15(21)10-12-7-8-13-3-1-4-14(13)9-12/h2,5-9H,1,3-4,10-11H2. The van der Waals surface area contributed by atoms with E-state index in [4.69, 9.17) is 0 Å². The molecule has 0 atom stereocenters. The Morgan fingerprint density at radius 2 is 1.67 bits per heavy atom. The number of ketones is 1. The van der Waals surface area contributed by atoms with Crippen molar-refractivity contribution in [2.45, 2.75) is 32.1 Å². The van der Waals surface area contributed by atoms with Gasteiger partial charge in [0.2, 0.25) is 0 Å². The van der Waals surface area contributed by atoms with Crippen LogP contribution < -0.4 is 0 Å². The van der Waals surface area contributed by atoms with Gasteiger partial charge in [0.05, 0.1) is 0 Å². The van der Waals surface area contributed by atoms with Gasteiger partial charge >= 0.3 is 0 Å². The SMILES string of the molecule is O=C(Cc1ccc2c(c1)CCC2)Cc1c(F)cccc1F. The first kappa shape index (κ1) is 13.9. The molecule has 1 nitrogen and oxygen atoms in total. The van der Waals surface area contributed by atoms with E-state index in [-0.39, 0.29) is 24.2 Å². The summed E-state index contributed by atoms with van der Waals surface area (Å²) in [7, 11) is 0. The van der Waals surface area contributed by atoms with E-state index in [0.717, 1.165) is 24.8 Å². The highest BCUT2D eigenvalue weighted by Gasteiger charge is 2.15. The number of fused-ring (bicyclic) bond motifs is 1. The molecule has 3 rings (SSSR count). The Kier molecular flexibility index (Phi) is 3.82. The summed E-state index contributed by atoms with van der Waals surface area (Å²) in [6.07, 6.45) is 3.34. The molecule has 0 fully saturated rings. The first-order valence-corrected chi connectivity index (χ1v) is 7.19. The van der Waals surface area contributed by atoms with E-state index in [1.165, 1.54) is 29.3 Å². The fraction of sp³-hybridized carbons (Fsp3) is 0.278. The third kappa shape index (κ3) is 3.02. The van der Waals surface area contributed by atoms with Crippen LogP contribution >= 0.6 is 0 Å². The van der Waals surface area contributed by atoms with Crippen LogP contribution in [0.5, 0.6) is 0 Å². The van der Waals surface area contributed by atoms with E-state index in [9.17, 15) is 13.6 Å². The van der Waals surface area contributed by atoms with Gasteiger partial charge in [0, 0.05) is 18.4 Å². The summed E-state index contributed by atoms with van der Waals surface area (Å²) in [5.74, 6) is -1.48. The lowest BCUT2D eigenvalue weighted by Gasteiger charge is -2.06. The summed E-state index contributed by atoms with van der Waals surface area (Å²) in [5, 5.41) is 0. The van der Waals surface area contributed by atoms with Crippen LogP contribution in [0.2, 0.25) is 0 Å². The first-order valence-electron chi connectivity index (χ1n) is 7.19. The molecule has 21 heavy (non-hydrogen) atoms. The Morgan fingerprint density at radius 1 is 0.952 bits per heavy atom. The summed E-state index contributed by atoms with van der Waals surface area (Å²) in [5.41, 5.74) is 3.45. The van der Waals surface area contributed by atoms with E-state index in [1.807, 2.05) is 6.07 Å². The van der Waals surface area contributed by atoms with E-state index < -0.39 is 11.6 Å². The zero-order chi connectivity index (χ0) is 14.8. The molecule has 0 amide bonds. The maximum absolute atomic E-state index is 13.5. The predicted octanol–water partition coefficient (Wildman–Crippen LogP) is 3.81. The van der Waals surface area contributed by atoms with Crippen molar-refractivity contribution >= 4 is 5.78 Å². The summed E-state index contributed by atoms with van der Waals surface area (Å²) in [6.45, 7) is 0. The number of benzene rings is 2. The maximum atomic E-state index is 13.5. The minimum absolute atomic E-state index is 0.135. The minimum Gasteiger partial charge on any atom is -0.299 e. The molecule has 0 bridgehead atoms. The second-order valence-electron chi connectivity index (χ2n) is 5.55. The maximum Gasteiger partial charge on any atom is 0.141 e. The fourth-order valence-electron chi connectivity index (χ4n) is 2.92. The van der Waals surface area contributed by atoms with Crippen LogP contribution in [-0.4, -0.2) is 5.78 Å². The van der Waals surface area contributed by atoms with Crippen molar-refractivity contribution in [1.82, 2.24) is 0 Å². The molecular formula is C18H16F2O. The molecule has 0 heterocycles. The minimum atomic E-state index is -0.655. The molecule has 1 aliphatic carbocycles. The van der Waals surface area contributed by atoms with E-state index in [2.05, 4.69) is 12.1 Å². The van der Waals surface area contributed by atoms with Gasteiger partial charge in [-0.25, -0.2) is 8.78 Å². The molecule has 3 heteroatoms. The van der Waals surface area contributed by atoms with Gasteiger partial charge in [0.1, 0.15) is 17.4 Å². The first-order chi connectivity index (χ1) is 10.1. The predicted molar refractivity (Wildman–Crippen MR) is 77.2 cm³/mol. The second-order valence-corrected chi connectivity index (χ2v) is 5.55. The van der Waals surface area contributed by atoms with Crippen LogP contribution in [0.25, 0.3) is 0 Å². The summed E-state index contributed by atoms with van der Waals surface area (Å²) < 4.78 is 27.1.